The Morgan fingerprint density at radius 1 is 1.27 bits per heavy atom. The van der Waals surface area contributed by atoms with E-state index in [-0.39, 0.29) is 0 Å². The fourth-order valence-electron chi connectivity index (χ4n) is 1.40. The molecule has 0 fully saturated rings. The maximum absolute atomic E-state index is 5.24. The minimum Gasteiger partial charge on any atom is -0.469 e. The van der Waals surface area contributed by atoms with Crippen LogP contribution in [0.5, 0.6) is 0 Å². The first-order valence-electron chi connectivity index (χ1n) is 5.75. The van der Waals surface area contributed by atoms with Crippen molar-refractivity contribution in [1.29, 1.82) is 0 Å². The molecule has 1 aromatic rings. The maximum Gasteiger partial charge on any atom is 0.105 e. The van der Waals surface area contributed by atoms with Gasteiger partial charge in [0.1, 0.15) is 5.76 Å². The summed E-state index contributed by atoms with van der Waals surface area (Å²) in [7, 11) is 0. The van der Waals surface area contributed by atoms with Crippen LogP contribution in [0.3, 0.4) is 0 Å². The smallest absolute Gasteiger partial charge is 0.105 e. The Kier molecular flexibility index (Phi) is 6.12. The molecule has 0 spiro atoms. The van der Waals surface area contributed by atoms with Gasteiger partial charge < -0.3 is 15.1 Å². The lowest BCUT2D eigenvalue weighted by Gasteiger charge is -2.08. The normalized spacial score (nSPS) is 11.1. The van der Waals surface area contributed by atoms with Crippen LogP contribution in [0.1, 0.15) is 26.0 Å². The molecule has 3 heteroatoms. The van der Waals surface area contributed by atoms with Gasteiger partial charge in [0.15, 0.2) is 0 Å². The summed E-state index contributed by atoms with van der Waals surface area (Å²) in [5, 5.41) is 6.79. The van der Waals surface area contributed by atoms with Gasteiger partial charge in [-0.3, -0.25) is 0 Å². The summed E-state index contributed by atoms with van der Waals surface area (Å²) in [6.07, 6.45) is 3.88. The largest absolute Gasteiger partial charge is 0.469 e. The number of nitrogens with one attached hydrogen (secondary N) is 2. The van der Waals surface area contributed by atoms with Crippen molar-refractivity contribution in [2.75, 3.05) is 19.6 Å². The van der Waals surface area contributed by atoms with Gasteiger partial charge in [0.05, 0.1) is 6.26 Å². The van der Waals surface area contributed by atoms with Crippen LogP contribution in [0.2, 0.25) is 0 Å². The average Bonchev–Trinajstić information content (AvgIpc) is 2.68. The number of rotatable bonds is 8. The molecule has 0 unspecified atom stereocenters. The van der Waals surface area contributed by atoms with Crippen molar-refractivity contribution < 1.29 is 4.42 Å². The van der Waals surface area contributed by atoms with Crippen molar-refractivity contribution in [3.05, 3.63) is 24.2 Å². The molecule has 0 bridgehead atoms. The van der Waals surface area contributed by atoms with E-state index in [1.54, 1.807) is 6.26 Å². The lowest BCUT2D eigenvalue weighted by atomic mass is 10.3. The zero-order valence-corrected chi connectivity index (χ0v) is 9.75. The Hall–Kier alpha value is -0.800. The SMILES string of the molecule is CC(C)NCCCNCCc1ccco1. The molecule has 1 rings (SSSR count). The van der Waals surface area contributed by atoms with Crippen molar-refractivity contribution in [2.45, 2.75) is 32.7 Å². The summed E-state index contributed by atoms with van der Waals surface area (Å²) in [5.41, 5.74) is 0. The van der Waals surface area contributed by atoms with Crippen molar-refractivity contribution >= 4 is 0 Å². The zero-order chi connectivity index (χ0) is 10.9. The highest BCUT2D eigenvalue weighted by atomic mass is 16.3. The lowest BCUT2D eigenvalue weighted by Crippen LogP contribution is -2.27. The number of furan rings is 1. The molecular weight excluding hydrogens is 188 g/mol. The first-order valence-corrected chi connectivity index (χ1v) is 5.75. The minimum absolute atomic E-state index is 0.591. The Balaban J connectivity index is 1.85. The highest BCUT2D eigenvalue weighted by Crippen LogP contribution is 1.99. The molecule has 0 amide bonds. The van der Waals surface area contributed by atoms with Crippen LogP contribution in [0.15, 0.2) is 22.8 Å². The highest BCUT2D eigenvalue weighted by Gasteiger charge is 1.95. The lowest BCUT2D eigenvalue weighted by molar-refractivity contribution is 0.494. The molecule has 0 saturated heterocycles. The predicted molar refractivity (Wildman–Crippen MR) is 63.0 cm³/mol. The molecule has 1 heterocycles. The Bertz CT molecular complexity index is 232. The van der Waals surface area contributed by atoms with E-state index in [4.69, 9.17) is 4.42 Å². The summed E-state index contributed by atoms with van der Waals surface area (Å²) in [6.45, 7) is 7.50. The van der Waals surface area contributed by atoms with Crippen LogP contribution in [0, 0.1) is 0 Å². The molecular formula is C12H22N2O. The second-order valence-electron chi connectivity index (χ2n) is 4.04. The summed E-state index contributed by atoms with van der Waals surface area (Å²) >= 11 is 0. The first-order chi connectivity index (χ1) is 7.29. The highest BCUT2D eigenvalue weighted by molar-refractivity contribution is 4.98. The maximum atomic E-state index is 5.24. The van der Waals surface area contributed by atoms with Gasteiger partial charge in [-0.15, -0.1) is 0 Å². The Morgan fingerprint density at radius 2 is 2.13 bits per heavy atom. The molecule has 0 atom stereocenters. The average molecular weight is 210 g/mol. The number of hydrogen-bond acceptors (Lipinski definition) is 3. The van der Waals surface area contributed by atoms with Gasteiger partial charge in [-0.05, 0) is 31.6 Å². The fourth-order valence-corrected chi connectivity index (χ4v) is 1.40. The quantitative estimate of drug-likeness (QED) is 0.642. The van der Waals surface area contributed by atoms with E-state index >= 15 is 0 Å². The van der Waals surface area contributed by atoms with Gasteiger partial charge in [0.2, 0.25) is 0 Å². The third kappa shape index (κ3) is 6.31. The van der Waals surface area contributed by atoms with Crippen molar-refractivity contribution in [3.8, 4) is 0 Å². The van der Waals surface area contributed by atoms with Gasteiger partial charge in [0, 0.05) is 19.0 Å². The Labute approximate surface area is 92.2 Å². The summed E-state index contributed by atoms with van der Waals surface area (Å²) < 4.78 is 5.24. The molecule has 0 radical (unpaired) electrons. The van der Waals surface area contributed by atoms with E-state index in [1.807, 2.05) is 12.1 Å². The van der Waals surface area contributed by atoms with Crippen LogP contribution in [0.25, 0.3) is 0 Å². The fraction of sp³-hybridized carbons (Fsp3) is 0.667. The monoisotopic (exact) mass is 210 g/mol. The van der Waals surface area contributed by atoms with E-state index in [0.29, 0.717) is 6.04 Å². The van der Waals surface area contributed by atoms with Crippen molar-refractivity contribution in [1.82, 2.24) is 10.6 Å². The molecule has 0 aliphatic carbocycles. The summed E-state index contributed by atoms with van der Waals surface area (Å²) in [5.74, 6) is 1.06. The molecule has 0 saturated carbocycles. The van der Waals surface area contributed by atoms with E-state index < -0.39 is 0 Å². The second-order valence-corrected chi connectivity index (χ2v) is 4.04. The van der Waals surface area contributed by atoms with Gasteiger partial charge in [0.25, 0.3) is 0 Å². The van der Waals surface area contributed by atoms with E-state index in [1.165, 1.54) is 6.42 Å². The molecule has 15 heavy (non-hydrogen) atoms. The standard InChI is InChI=1S/C12H22N2O/c1-11(2)14-8-4-7-13-9-6-12-5-3-10-15-12/h3,5,10-11,13-14H,4,6-9H2,1-2H3. The van der Waals surface area contributed by atoms with Gasteiger partial charge in [-0.25, -0.2) is 0 Å². The predicted octanol–water partition coefficient (Wildman–Crippen LogP) is 1.80. The molecule has 0 aliphatic heterocycles. The van der Waals surface area contributed by atoms with E-state index in [0.717, 1.165) is 31.8 Å². The van der Waals surface area contributed by atoms with E-state index in [9.17, 15) is 0 Å². The first kappa shape index (κ1) is 12.3. The molecule has 0 aromatic carbocycles. The molecule has 1 aromatic heterocycles. The summed E-state index contributed by atoms with van der Waals surface area (Å²) in [6, 6.07) is 4.54. The zero-order valence-electron chi connectivity index (χ0n) is 9.75. The van der Waals surface area contributed by atoms with Gasteiger partial charge in [-0.1, -0.05) is 13.8 Å². The van der Waals surface area contributed by atoms with E-state index in [2.05, 4.69) is 24.5 Å². The minimum atomic E-state index is 0.591. The van der Waals surface area contributed by atoms with Crippen LogP contribution in [-0.4, -0.2) is 25.7 Å². The molecule has 3 nitrogen and oxygen atoms in total. The van der Waals surface area contributed by atoms with Crippen LogP contribution < -0.4 is 10.6 Å². The van der Waals surface area contributed by atoms with Crippen molar-refractivity contribution in [2.24, 2.45) is 0 Å². The molecule has 0 aliphatic rings. The summed E-state index contributed by atoms with van der Waals surface area (Å²) in [4.78, 5) is 0. The van der Waals surface area contributed by atoms with Gasteiger partial charge in [-0.2, -0.15) is 0 Å². The topological polar surface area (TPSA) is 37.2 Å². The second kappa shape index (κ2) is 7.49. The van der Waals surface area contributed by atoms with Crippen LogP contribution in [-0.2, 0) is 6.42 Å². The number of hydrogen-bond donors (Lipinski definition) is 2. The third-order valence-corrected chi connectivity index (χ3v) is 2.21. The molecule has 2 N–H and O–H groups in total. The van der Waals surface area contributed by atoms with Crippen LogP contribution in [0.4, 0.5) is 0 Å². The Morgan fingerprint density at radius 3 is 2.80 bits per heavy atom. The van der Waals surface area contributed by atoms with Crippen LogP contribution >= 0.6 is 0 Å². The van der Waals surface area contributed by atoms with Gasteiger partial charge >= 0.3 is 0 Å². The van der Waals surface area contributed by atoms with Crippen molar-refractivity contribution in [3.63, 3.8) is 0 Å². The third-order valence-electron chi connectivity index (χ3n) is 2.21. The molecule has 86 valence electrons.